The first kappa shape index (κ1) is 11.9. The van der Waals surface area contributed by atoms with Gasteiger partial charge in [0.25, 0.3) is 0 Å². The Morgan fingerprint density at radius 3 is 2.88 bits per heavy atom. The third-order valence-electron chi connectivity index (χ3n) is 3.62. The summed E-state index contributed by atoms with van der Waals surface area (Å²) in [5.41, 5.74) is 3.67. The fourth-order valence-electron chi connectivity index (χ4n) is 2.58. The van der Waals surface area contributed by atoms with Gasteiger partial charge in [0.2, 0.25) is 0 Å². The number of nitriles is 1. The van der Waals surface area contributed by atoms with Crippen LogP contribution in [0.3, 0.4) is 0 Å². The quantitative estimate of drug-likeness (QED) is 0.783. The Labute approximate surface area is 103 Å². The van der Waals surface area contributed by atoms with Crippen LogP contribution < -0.4 is 4.90 Å². The molecule has 0 spiro atoms. The van der Waals surface area contributed by atoms with Gasteiger partial charge >= 0.3 is 0 Å². The molecule has 90 valence electrons. The fourth-order valence-corrected chi connectivity index (χ4v) is 2.58. The van der Waals surface area contributed by atoms with E-state index in [2.05, 4.69) is 22.9 Å². The molecule has 0 bridgehead atoms. The Morgan fingerprint density at radius 2 is 2.29 bits per heavy atom. The van der Waals surface area contributed by atoms with Gasteiger partial charge in [0, 0.05) is 18.8 Å². The number of hydrogen-bond donors (Lipinski definition) is 0. The second-order valence-electron chi connectivity index (χ2n) is 4.86. The number of rotatable bonds is 2. The average molecular weight is 229 g/mol. The third kappa shape index (κ3) is 2.26. The van der Waals surface area contributed by atoms with Crippen LogP contribution in [0.25, 0.3) is 0 Å². The number of pyridine rings is 1. The second-order valence-corrected chi connectivity index (χ2v) is 4.86. The zero-order valence-corrected chi connectivity index (χ0v) is 10.8. The van der Waals surface area contributed by atoms with Crippen molar-refractivity contribution in [1.82, 2.24) is 4.98 Å². The molecule has 0 N–H and O–H groups in total. The van der Waals surface area contributed by atoms with Crippen LogP contribution in [0, 0.1) is 31.1 Å². The highest BCUT2D eigenvalue weighted by Crippen LogP contribution is 2.29. The minimum atomic E-state index is 0.743. The molecule has 2 heterocycles. The van der Waals surface area contributed by atoms with E-state index in [0.29, 0.717) is 0 Å². The number of aromatic nitrogens is 1. The normalized spacial score (nSPS) is 19.4. The van der Waals surface area contributed by atoms with Gasteiger partial charge < -0.3 is 4.90 Å². The lowest BCUT2D eigenvalue weighted by Gasteiger charge is -2.21. The van der Waals surface area contributed by atoms with Crippen molar-refractivity contribution in [2.45, 2.75) is 33.6 Å². The van der Waals surface area contributed by atoms with Gasteiger partial charge in [-0.1, -0.05) is 13.3 Å². The first-order chi connectivity index (χ1) is 8.15. The van der Waals surface area contributed by atoms with Crippen LogP contribution in [-0.2, 0) is 0 Å². The highest BCUT2D eigenvalue weighted by molar-refractivity contribution is 5.62. The van der Waals surface area contributed by atoms with Crippen molar-refractivity contribution in [3.05, 3.63) is 23.0 Å². The first-order valence-electron chi connectivity index (χ1n) is 6.29. The van der Waals surface area contributed by atoms with Crippen LogP contribution in [0.1, 0.15) is 36.7 Å². The highest BCUT2D eigenvalue weighted by Gasteiger charge is 2.24. The van der Waals surface area contributed by atoms with Crippen LogP contribution in [0.15, 0.2) is 6.07 Å². The van der Waals surface area contributed by atoms with Crippen molar-refractivity contribution in [1.29, 1.82) is 5.26 Å². The maximum absolute atomic E-state index is 9.26. The minimum absolute atomic E-state index is 0.743. The molecule has 0 amide bonds. The van der Waals surface area contributed by atoms with Crippen molar-refractivity contribution >= 4 is 5.69 Å². The first-order valence-corrected chi connectivity index (χ1v) is 6.29. The van der Waals surface area contributed by atoms with Crippen molar-refractivity contribution in [2.75, 3.05) is 18.0 Å². The topological polar surface area (TPSA) is 39.9 Å². The molecule has 2 rings (SSSR count). The van der Waals surface area contributed by atoms with E-state index in [1.165, 1.54) is 12.8 Å². The minimum Gasteiger partial charge on any atom is -0.370 e. The molecule has 1 aliphatic rings. The van der Waals surface area contributed by atoms with Crippen LogP contribution in [0.2, 0.25) is 0 Å². The van der Waals surface area contributed by atoms with E-state index in [-0.39, 0.29) is 0 Å². The predicted octanol–water partition coefficient (Wildman–Crippen LogP) is 2.81. The molecule has 3 nitrogen and oxygen atoms in total. The average Bonchev–Trinajstić information content (AvgIpc) is 2.76. The van der Waals surface area contributed by atoms with Crippen molar-refractivity contribution in [2.24, 2.45) is 5.92 Å². The van der Waals surface area contributed by atoms with Gasteiger partial charge in [-0.2, -0.15) is 5.26 Å². The molecule has 1 unspecified atom stereocenters. The van der Waals surface area contributed by atoms with Gasteiger partial charge in [-0.3, -0.25) is 4.98 Å². The molecular formula is C14H19N3. The van der Waals surface area contributed by atoms with Gasteiger partial charge in [-0.05, 0) is 32.3 Å². The highest BCUT2D eigenvalue weighted by atomic mass is 15.2. The third-order valence-corrected chi connectivity index (χ3v) is 3.62. The van der Waals surface area contributed by atoms with E-state index >= 15 is 0 Å². The monoisotopic (exact) mass is 229 g/mol. The molecule has 0 radical (unpaired) electrons. The molecule has 1 saturated heterocycles. The van der Waals surface area contributed by atoms with Crippen LogP contribution in [0.5, 0.6) is 0 Å². The lowest BCUT2D eigenvalue weighted by molar-refractivity contribution is 0.569. The maximum atomic E-state index is 9.26. The van der Waals surface area contributed by atoms with Crippen LogP contribution in [0.4, 0.5) is 5.69 Å². The number of anilines is 1. The summed E-state index contributed by atoms with van der Waals surface area (Å²) in [5, 5.41) is 9.26. The molecule has 1 aromatic heterocycles. The summed E-state index contributed by atoms with van der Waals surface area (Å²) < 4.78 is 0. The van der Waals surface area contributed by atoms with E-state index in [1.54, 1.807) is 0 Å². The van der Waals surface area contributed by atoms with Gasteiger partial charge in [-0.15, -0.1) is 0 Å². The van der Waals surface area contributed by atoms with Gasteiger partial charge in [0.05, 0.1) is 16.9 Å². The van der Waals surface area contributed by atoms with Crippen molar-refractivity contribution < 1.29 is 0 Å². The number of nitrogens with zero attached hydrogens (tertiary/aromatic N) is 3. The Morgan fingerprint density at radius 1 is 1.53 bits per heavy atom. The molecular weight excluding hydrogens is 210 g/mol. The van der Waals surface area contributed by atoms with Crippen molar-refractivity contribution in [3.63, 3.8) is 0 Å². The van der Waals surface area contributed by atoms with E-state index in [1.807, 2.05) is 19.9 Å². The molecule has 1 aromatic rings. The summed E-state index contributed by atoms with van der Waals surface area (Å²) in [6, 6.07) is 4.34. The summed E-state index contributed by atoms with van der Waals surface area (Å²) in [6.45, 7) is 8.29. The zero-order chi connectivity index (χ0) is 12.4. The molecule has 17 heavy (non-hydrogen) atoms. The fraction of sp³-hybridized carbons (Fsp3) is 0.571. The SMILES string of the molecule is CCC1CCN(c2cc(C)nc(C)c2C#N)C1. The summed E-state index contributed by atoms with van der Waals surface area (Å²) in [5.74, 6) is 0.773. The van der Waals surface area contributed by atoms with Crippen LogP contribution in [-0.4, -0.2) is 18.1 Å². The number of aryl methyl sites for hydroxylation is 2. The second kappa shape index (κ2) is 4.75. The molecule has 1 aliphatic heterocycles. The molecule has 1 fully saturated rings. The van der Waals surface area contributed by atoms with E-state index in [4.69, 9.17) is 0 Å². The van der Waals surface area contributed by atoms with Crippen molar-refractivity contribution in [3.8, 4) is 6.07 Å². The largest absolute Gasteiger partial charge is 0.370 e. The predicted molar refractivity (Wildman–Crippen MR) is 69.0 cm³/mol. The maximum Gasteiger partial charge on any atom is 0.103 e. The van der Waals surface area contributed by atoms with E-state index in [0.717, 1.165) is 41.6 Å². The Kier molecular flexibility index (Phi) is 3.33. The Hall–Kier alpha value is -1.56. The van der Waals surface area contributed by atoms with E-state index < -0.39 is 0 Å². The smallest absolute Gasteiger partial charge is 0.103 e. The lowest BCUT2D eigenvalue weighted by atomic mass is 10.1. The van der Waals surface area contributed by atoms with E-state index in [9.17, 15) is 5.26 Å². The summed E-state index contributed by atoms with van der Waals surface area (Å²) in [7, 11) is 0. The molecule has 0 aromatic carbocycles. The Balaban J connectivity index is 2.36. The molecule has 1 atom stereocenters. The van der Waals surface area contributed by atoms with Gasteiger partial charge in [0.1, 0.15) is 6.07 Å². The van der Waals surface area contributed by atoms with Gasteiger partial charge in [0.15, 0.2) is 0 Å². The van der Waals surface area contributed by atoms with Gasteiger partial charge in [-0.25, -0.2) is 0 Å². The Bertz CT molecular complexity index is 459. The van der Waals surface area contributed by atoms with Crippen LogP contribution >= 0.6 is 0 Å². The molecule has 0 saturated carbocycles. The standard InChI is InChI=1S/C14H19N3/c1-4-12-5-6-17(9-12)14-7-10(2)16-11(3)13(14)8-15/h7,12H,4-6,9H2,1-3H3. The lowest BCUT2D eigenvalue weighted by Crippen LogP contribution is -2.21. The summed E-state index contributed by atoms with van der Waals surface area (Å²) in [6.07, 6.45) is 2.46. The molecule has 3 heteroatoms. The summed E-state index contributed by atoms with van der Waals surface area (Å²) >= 11 is 0. The number of hydrogen-bond acceptors (Lipinski definition) is 3. The summed E-state index contributed by atoms with van der Waals surface area (Å²) in [4.78, 5) is 6.71. The molecule has 0 aliphatic carbocycles. The zero-order valence-electron chi connectivity index (χ0n) is 10.8.